The molecule has 0 N–H and O–H groups in total. The summed E-state index contributed by atoms with van der Waals surface area (Å²) in [4.78, 5) is 0.245. The number of hydrogen-bond acceptors (Lipinski definition) is 6. The Balaban J connectivity index is 1.51. The summed E-state index contributed by atoms with van der Waals surface area (Å²) in [5.74, 6) is 0.278. The lowest BCUT2D eigenvalue weighted by atomic mass is 10.1. The van der Waals surface area contributed by atoms with E-state index in [4.69, 9.17) is 8.37 Å². The number of aryl methyl sites for hydroxylation is 2. The monoisotopic (exact) mass is 500 g/mol. The smallest absolute Gasteiger partial charge is 0.339 e. The van der Waals surface area contributed by atoms with Crippen LogP contribution in [0.1, 0.15) is 29.5 Å². The third-order valence-corrected chi connectivity index (χ3v) is 7.62. The average Bonchev–Trinajstić information content (AvgIpc) is 2.80. The summed E-state index contributed by atoms with van der Waals surface area (Å²) in [5, 5.41) is 0. The SMILES string of the molecule is Cc1ccc(S(=O)(=O)OCCC/C=C/Cc2ccccc2OS(=O)(=O)c2ccc(C)cc2)cc1. The molecule has 180 valence electrons. The van der Waals surface area contributed by atoms with Gasteiger partial charge in [-0.25, -0.2) is 0 Å². The van der Waals surface area contributed by atoms with Gasteiger partial charge in [0.2, 0.25) is 0 Å². The second kappa shape index (κ2) is 11.5. The normalized spacial score (nSPS) is 12.2. The quantitative estimate of drug-likeness (QED) is 0.200. The van der Waals surface area contributed by atoms with Crippen LogP contribution in [0.15, 0.2) is 94.7 Å². The van der Waals surface area contributed by atoms with E-state index >= 15 is 0 Å². The zero-order valence-electron chi connectivity index (χ0n) is 19.2. The highest BCUT2D eigenvalue weighted by molar-refractivity contribution is 7.87. The molecular formula is C26H28O6S2. The lowest BCUT2D eigenvalue weighted by molar-refractivity contribution is 0.313. The molecule has 3 aromatic carbocycles. The Bertz CT molecular complexity index is 1320. The first-order chi connectivity index (χ1) is 16.2. The van der Waals surface area contributed by atoms with E-state index in [9.17, 15) is 16.8 Å². The highest BCUT2D eigenvalue weighted by Crippen LogP contribution is 2.24. The van der Waals surface area contributed by atoms with Crippen molar-refractivity contribution in [2.45, 2.75) is 42.9 Å². The van der Waals surface area contributed by atoms with Gasteiger partial charge in [-0.05, 0) is 69.0 Å². The fraction of sp³-hybridized carbons (Fsp3) is 0.231. The van der Waals surface area contributed by atoms with Gasteiger partial charge >= 0.3 is 10.1 Å². The molecule has 8 heteroatoms. The minimum atomic E-state index is -3.93. The van der Waals surface area contributed by atoms with E-state index in [-0.39, 0.29) is 22.1 Å². The van der Waals surface area contributed by atoms with Crippen LogP contribution < -0.4 is 4.18 Å². The van der Waals surface area contributed by atoms with Crippen molar-refractivity contribution in [2.75, 3.05) is 6.61 Å². The second-order valence-electron chi connectivity index (χ2n) is 7.87. The molecule has 0 aliphatic rings. The molecule has 0 saturated heterocycles. The van der Waals surface area contributed by atoms with Crippen LogP contribution in [0.25, 0.3) is 0 Å². The van der Waals surface area contributed by atoms with E-state index < -0.39 is 20.2 Å². The Kier molecular flexibility index (Phi) is 8.66. The van der Waals surface area contributed by atoms with Gasteiger partial charge in [-0.1, -0.05) is 65.7 Å². The van der Waals surface area contributed by atoms with Crippen LogP contribution in [-0.4, -0.2) is 23.4 Å². The number of para-hydroxylation sites is 1. The number of hydrogen-bond donors (Lipinski definition) is 0. The molecule has 0 amide bonds. The Morgan fingerprint density at radius 2 is 1.26 bits per heavy atom. The minimum absolute atomic E-state index is 0.0784. The fourth-order valence-corrected chi connectivity index (χ4v) is 5.00. The molecular weight excluding hydrogens is 472 g/mol. The molecule has 0 aromatic heterocycles. The lowest BCUT2D eigenvalue weighted by Gasteiger charge is -2.10. The molecule has 34 heavy (non-hydrogen) atoms. The summed E-state index contributed by atoms with van der Waals surface area (Å²) in [6.07, 6.45) is 5.43. The molecule has 0 radical (unpaired) electrons. The third-order valence-electron chi connectivity index (χ3n) is 5.05. The van der Waals surface area contributed by atoms with Crippen molar-refractivity contribution in [1.29, 1.82) is 0 Å². The van der Waals surface area contributed by atoms with E-state index in [1.54, 1.807) is 36.4 Å². The molecule has 3 aromatic rings. The Labute approximate surface area is 202 Å². The molecule has 0 aliphatic heterocycles. The highest BCUT2D eigenvalue weighted by atomic mass is 32.2. The van der Waals surface area contributed by atoms with Crippen LogP contribution in [0.4, 0.5) is 0 Å². The predicted octanol–water partition coefficient (Wildman–Crippen LogP) is 5.36. The fourth-order valence-electron chi connectivity index (χ4n) is 3.10. The topological polar surface area (TPSA) is 86.7 Å². The van der Waals surface area contributed by atoms with Crippen molar-refractivity contribution < 1.29 is 25.2 Å². The molecule has 0 atom stereocenters. The first kappa shape index (κ1) is 25.7. The summed E-state index contributed by atoms with van der Waals surface area (Å²) in [6.45, 7) is 3.85. The second-order valence-corrected chi connectivity index (χ2v) is 11.0. The summed E-state index contributed by atoms with van der Waals surface area (Å²) < 4.78 is 60.1. The minimum Gasteiger partial charge on any atom is -0.379 e. The molecule has 6 nitrogen and oxygen atoms in total. The summed E-state index contributed by atoms with van der Waals surface area (Å²) in [7, 11) is -7.69. The van der Waals surface area contributed by atoms with Gasteiger partial charge in [-0.3, -0.25) is 4.18 Å². The average molecular weight is 501 g/mol. The maximum atomic E-state index is 12.6. The van der Waals surface area contributed by atoms with Gasteiger partial charge in [-0.15, -0.1) is 0 Å². The first-order valence-corrected chi connectivity index (χ1v) is 13.7. The van der Waals surface area contributed by atoms with Crippen molar-refractivity contribution in [1.82, 2.24) is 0 Å². The molecule has 0 heterocycles. The largest absolute Gasteiger partial charge is 0.379 e. The predicted molar refractivity (Wildman–Crippen MR) is 132 cm³/mol. The maximum Gasteiger partial charge on any atom is 0.339 e. The summed E-state index contributed by atoms with van der Waals surface area (Å²) in [5.41, 5.74) is 2.67. The van der Waals surface area contributed by atoms with Crippen LogP contribution in [0, 0.1) is 13.8 Å². The van der Waals surface area contributed by atoms with Crippen molar-refractivity contribution in [2.24, 2.45) is 0 Å². The Hall–Kier alpha value is -2.94. The lowest BCUT2D eigenvalue weighted by Crippen LogP contribution is -2.10. The molecule has 0 saturated carbocycles. The van der Waals surface area contributed by atoms with Crippen LogP contribution >= 0.6 is 0 Å². The van der Waals surface area contributed by atoms with Crippen molar-refractivity contribution in [3.05, 3.63) is 102 Å². The van der Waals surface area contributed by atoms with Gasteiger partial charge in [0.15, 0.2) is 0 Å². The van der Waals surface area contributed by atoms with Crippen LogP contribution in [-0.2, 0) is 30.8 Å². The molecule has 0 bridgehead atoms. The first-order valence-electron chi connectivity index (χ1n) is 10.9. The molecule has 0 aliphatic carbocycles. The number of allylic oxidation sites excluding steroid dienone is 2. The number of unbranched alkanes of at least 4 members (excludes halogenated alkanes) is 1. The van der Waals surface area contributed by atoms with E-state index in [2.05, 4.69) is 0 Å². The third kappa shape index (κ3) is 7.28. The van der Waals surface area contributed by atoms with Gasteiger partial charge < -0.3 is 4.18 Å². The van der Waals surface area contributed by atoms with Crippen molar-refractivity contribution in [3.63, 3.8) is 0 Å². The molecule has 0 fully saturated rings. The summed E-state index contributed by atoms with van der Waals surface area (Å²) in [6, 6.07) is 20.0. The van der Waals surface area contributed by atoms with E-state index in [0.29, 0.717) is 19.3 Å². The van der Waals surface area contributed by atoms with E-state index in [1.165, 1.54) is 24.3 Å². The van der Waals surface area contributed by atoms with Crippen LogP contribution in [0.5, 0.6) is 5.75 Å². The van der Waals surface area contributed by atoms with Gasteiger partial charge in [0.1, 0.15) is 10.6 Å². The maximum absolute atomic E-state index is 12.6. The zero-order chi connectivity index (χ0) is 24.6. The van der Waals surface area contributed by atoms with E-state index in [1.807, 2.05) is 38.1 Å². The van der Waals surface area contributed by atoms with Crippen LogP contribution in [0.3, 0.4) is 0 Å². The highest BCUT2D eigenvalue weighted by Gasteiger charge is 2.18. The van der Waals surface area contributed by atoms with Gasteiger partial charge in [0.05, 0.1) is 11.5 Å². The molecule has 0 spiro atoms. The van der Waals surface area contributed by atoms with E-state index in [0.717, 1.165) is 16.7 Å². The van der Waals surface area contributed by atoms with Crippen molar-refractivity contribution in [3.8, 4) is 5.75 Å². The Morgan fingerprint density at radius 3 is 1.88 bits per heavy atom. The summed E-state index contributed by atoms with van der Waals surface area (Å²) >= 11 is 0. The van der Waals surface area contributed by atoms with Crippen LogP contribution in [0.2, 0.25) is 0 Å². The van der Waals surface area contributed by atoms with Crippen molar-refractivity contribution >= 4 is 20.2 Å². The van der Waals surface area contributed by atoms with Gasteiger partial charge in [0.25, 0.3) is 10.1 Å². The number of benzene rings is 3. The molecule has 0 unspecified atom stereocenters. The van der Waals surface area contributed by atoms with Gasteiger partial charge in [-0.2, -0.15) is 16.8 Å². The molecule has 3 rings (SSSR count). The van der Waals surface area contributed by atoms with Gasteiger partial charge in [0, 0.05) is 0 Å². The number of rotatable bonds is 11. The standard InChI is InChI=1S/C26H28O6S2/c1-21-12-16-24(17-13-21)33(27,28)31-20-8-4-3-5-9-23-10-6-7-11-26(23)32-34(29,30)25-18-14-22(2)15-19-25/h3,5-7,10-19H,4,8-9,20H2,1-2H3/b5-3+. The Morgan fingerprint density at radius 1 is 0.706 bits per heavy atom. The zero-order valence-corrected chi connectivity index (χ0v) is 20.8.